The van der Waals surface area contributed by atoms with Gasteiger partial charge in [-0.1, -0.05) is 6.92 Å². The Morgan fingerprint density at radius 1 is 1.25 bits per heavy atom. The van der Waals surface area contributed by atoms with E-state index < -0.39 is 0 Å². The average Bonchev–Trinajstić information content (AvgIpc) is 2.24. The van der Waals surface area contributed by atoms with Gasteiger partial charge in [0, 0.05) is 30.0 Å². The molecule has 0 saturated carbocycles. The molecule has 1 aromatic heterocycles. The Labute approximate surface area is 102 Å². The van der Waals surface area contributed by atoms with Crippen LogP contribution in [0.25, 0.3) is 0 Å². The van der Waals surface area contributed by atoms with Gasteiger partial charge in [-0.05, 0) is 26.5 Å². The van der Waals surface area contributed by atoms with Crippen molar-refractivity contribution in [3.8, 4) is 0 Å². The first-order valence-corrected chi connectivity index (χ1v) is 6.79. The maximum atomic E-state index is 4.34. The molecule has 16 heavy (non-hydrogen) atoms. The molecule has 4 heteroatoms. The lowest BCUT2D eigenvalue weighted by molar-refractivity contribution is 0.423. The van der Waals surface area contributed by atoms with Crippen LogP contribution in [0, 0.1) is 0 Å². The third-order valence-electron chi connectivity index (χ3n) is 2.02. The molecular formula is C12H21N3S. The number of rotatable bonds is 5. The van der Waals surface area contributed by atoms with E-state index in [1.807, 2.05) is 24.2 Å². The molecule has 0 atom stereocenters. The van der Waals surface area contributed by atoms with Gasteiger partial charge in [0.2, 0.25) is 0 Å². The van der Waals surface area contributed by atoms with E-state index in [1.165, 1.54) is 0 Å². The van der Waals surface area contributed by atoms with Gasteiger partial charge < -0.3 is 5.32 Å². The molecule has 1 heterocycles. The molecule has 0 unspecified atom stereocenters. The number of aromatic nitrogens is 2. The second-order valence-corrected chi connectivity index (χ2v) is 6.02. The van der Waals surface area contributed by atoms with Crippen molar-refractivity contribution in [2.24, 2.45) is 0 Å². The van der Waals surface area contributed by atoms with Crippen molar-refractivity contribution in [2.75, 3.05) is 5.75 Å². The van der Waals surface area contributed by atoms with E-state index >= 15 is 0 Å². The lowest BCUT2D eigenvalue weighted by Crippen LogP contribution is -2.35. The fourth-order valence-electron chi connectivity index (χ4n) is 1.11. The second kappa shape index (κ2) is 6.21. The van der Waals surface area contributed by atoms with Gasteiger partial charge in [-0.3, -0.25) is 0 Å². The van der Waals surface area contributed by atoms with Crippen LogP contribution in [0.3, 0.4) is 0 Å². The minimum atomic E-state index is 0.136. The van der Waals surface area contributed by atoms with Gasteiger partial charge in [0.1, 0.15) is 5.82 Å². The summed E-state index contributed by atoms with van der Waals surface area (Å²) in [5.41, 5.74) is 1.27. The number of hydrogen-bond acceptors (Lipinski definition) is 4. The van der Waals surface area contributed by atoms with Crippen LogP contribution in [-0.2, 0) is 12.3 Å². The minimum Gasteiger partial charge on any atom is -0.308 e. The van der Waals surface area contributed by atoms with E-state index in [2.05, 4.69) is 43.0 Å². The average molecular weight is 239 g/mol. The second-order valence-electron chi connectivity index (χ2n) is 4.75. The van der Waals surface area contributed by atoms with Gasteiger partial charge in [-0.2, -0.15) is 11.8 Å². The van der Waals surface area contributed by atoms with Crippen LogP contribution in [0.15, 0.2) is 12.4 Å². The van der Waals surface area contributed by atoms with Crippen molar-refractivity contribution in [3.05, 3.63) is 23.8 Å². The van der Waals surface area contributed by atoms with Crippen LogP contribution >= 0.6 is 11.8 Å². The molecule has 0 spiro atoms. The maximum Gasteiger partial charge on any atom is 0.138 e. The SMILES string of the molecule is CCSCc1ncc(CNC(C)(C)C)cn1. The molecule has 0 amide bonds. The van der Waals surface area contributed by atoms with Gasteiger partial charge in [0.15, 0.2) is 0 Å². The number of nitrogens with zero attached hydrogens (tertiary/aromatic N) is 2. The summed E-state index contributed by atoms with van der Waals surface area (Å²) in [6.45, 7) is 9.43. The molecule has 3 nitrogen and oxygen atoms in total. The first kappa shape index (κ1) is 13.5. The van der Waals surface area contributed by atoms with Gasteiger partial charge in [-0.15, -0.1) is 0 Å². The predicted molar refractivity (Wildman–Crippen MR) is 70.5 cm³/mol. The molecule has 0 aromatic carbocycles. The van der Waals surface area contributed by atoms with E-state index in [1.54, 1.807) is 0 Å². The number of nitrogens with one attached hydrogen (secondary N) is 1. The third-order valence-corrected chi connectivity index (χ3v) is 2.89. The highest BCUT2D eigenvalue weighted by Gasteiger charge is 2.08. The van der Waals surface area contributed by atoms with E-state index in [4.69, 9.17) is 0 Å². The number of thioether (sulfide) groups is 1. The van der Waals surface area contributed by atoms with Crippen LogP contribution in [0.2, 0.25) is 0 Å². The highest BCUT2D eigenvalue weighted by Crippen LogP contribution is 2.08. The van der Waals surface area contributed by atoms with Gasteiger partial charge in [0.25, 0.3) is 0 Å². The van der Waals surface area contributed by atoms with Crippen molar-refractivity contribution in [3.63, 3.8) is 0 Å². The summed E-state index contributed by atoms with van der Waals surface area (Å²) in [4.78, 5) is 8.69. The quantitative estimate of drug-likeness (QED) is 0.857. The van der Waals surface area contributed by atoms with Crippen molar-refractivity contribution < 1.29 is 0 Å². The lowest BCUT2D eigenvalue weighted by atomic mass is 10.1. The molecule has 0 fully saturated rings. The molecule has 0 aliphatic carbocycles. The predicted octanol–water partition coefficient (Wildman–Crippen LogP) is 2.62. The Kier molecular flexibility index (Phi) is 5.22. The van der Waals surface area contributed by atoms with Crippen molar-refractivity contribution >= 4 is 11.8 Å². The number of hydrogen-bond donors (Lipinski definition) is 1. The van der Waals surface area contributed by atoms with Crippen LogP contribution in [0.5, 0.6) is 0 Å². The molecule has 0 radical (unpaired) electrons. The zero-order valence-corrected chi connectivity index (χ0v) is 11.4. The summed E-state index contributed by atoms with van der Waals surface area (Å²) in [6.07, 6.45) is 3.83. The first-order valence-electron chi connectivity index (χ1n) is 5.64. The minimum absolute atomic E-state index is 0.136. The standard InChI is InChI=1S/C12H21N3S/c1-5-16-9-11-13-6-10(7-14-11)8-15-12(2,3)4/h6-7,15H,5,8-9H2,1-4H3. The molecule has 0 bridgehead atoms. The largest absolute Gasteiger partial charge is 0.308 e. The van der Waals surface area contributed by atoms with Gasteiger partial charge in [-0.25, -0.2) is 9.97 Å². The smallest absolute Gasteiger partial charge is 0.138 e. The summed E-state index contributed by atoms with van der Waals surface area (Å²) in [5, 5.41) is 3.42. The fraction of sp³-hybridized carbons (Fsp3) is 0.667. The first-order chi connectivity index (χ1) is 7.51. The molecule has 0 aliphatic rings. The normalized spacial score (nSPS) is 11.8. The van der Waals surface area contributed by atoms with Crippen molar-refractivity contribution in [1.29, 1.82) is 0 Å². The fourth-order valence-corrected chi connectivity index (χ4v) is 1.64. The Hall–Kier alpha value is -0.610. The summed E-state index contributed by atoms with van der Waals surface area (Å²) in [5.74, 6) is 2.94. The summed E-state index contributed by atoms with van der Waals surface area (Å²) in [6, 6.07) is 0. The summed E-state index contributed by atoms with van der Waals surface area (Å²) in [7, 11) is 0. The third kappa shape index (κ3) is 5.47. The van der Waals surface area contributed by atoms with E-state index in [0.717, 1.165) is 29.4 Å². The molecule has 1 N–H and O–H groups in total. The molecule has 0 aliphatic heterocycles. The molecule has 1 rings (SSSR count). The lowest BCUT2D eigenvalue weighted by Gasteiger charge is -2.20. The van der Waals surface area contributed by atoms with Gasteiger partial charge >= 0.3 is 0 Å². The highest BCUT2D eigenvalue weighted by molar-refractivity contribution is 7.98. The van der Waals surface area contributed by atoms with Crippen LogP contribution < -0.4 is 5.32 Å². The van der Waals surface area contributed by atoms with E-state index in [0.29, 0.717) is 0 Å². The summed E-state index contributed by atoms with van der Waals surface area (Å²) >= 11 is 1.84. The van der Waals surface area contributed by atoms with E-state index in [-0.39, 0.29) is 5.54 Å². The molecular weight excluding hydrogens is 218 g/mol. The Balaban J connectivity index is 2.45. The highest BCUT2D eigenvalue weighted by atomic mass is 32.2. The van der Waals surface area contributed by atoms with Crippen LogP contribution in [0.4, 0.5) is 0 Å². The van der Waals surface area contributed by atoms with Crippen LogP contribution in [-0.4, -0.2) is 21.3 Å². The molecule has 1 aromatic rings. The zero-order valence-electron chi connectivity index (χ0n) is 10.6. The topological polar surface area (TPSA) is 37.8 Å². The van der Waals surface area contributed by atoms with E-state index in [9.17, 15) is 0 Å². The maximum absolute atomic E-state index is 4.34. The van der Waals surface area contributed by atoms with Crippen LogP contribution in [0.1, 0.15) is 39.1 Å². The Morgan fingerprint density at radius 3 is 2.38 bits per heavy atom. The monoisotopic (exact) mass is 239 g/mol. The Morgan fingerprint density at radius 2 is 1.88 bits per heavy atom. The van der Waals surface area contributed by atoms with Crippen molar-refractivity contribution in [2.45, 2.75) is 45.5 Å². The zero-order chi connectivity index (χ0) is 12.0. The molecule has 0 saturated heterocycles. The summed E-state index contributed by atoms with van der Waals surface area (Å²) < 4.78 is 0. The van der Waals surface area contributed by atoms with Crippen molar-refractivity contribution in [1.82, 2.24) is 15.3 Å². The van der Waals surface area contributed by atoms with Gasteiger partial charge in [0.05, 0.1) is 5.75 Å². The Bertz CT molecular complexity index is 303. The molecule has 90 valence electrons.